The number of anilines is 1. The molecule has 0 aromatic heterocycles. The van der Waals surface area contributed by atoms with Crippen molar-refractivity contribution in [2.45, 2.75) is 12.2 Å². The van der Waals surface area contributed by atoms with Gasteiger partial charge in [-0.2, -0.15) is 0 Å². The van der Waals surface area contributed by atoms with E-state index in [1.54, 1.807) is 12.1 Å². The van der Waals surface area contributed by atoms with Gasteiger partial charge >= 0.3 is 5.97 Å². The highest BCUT2D eigenvalue weighted by molar-refractivity contribution is 9.14. The van der Waals surface area contributed by atoms with E-state index >= 15 is 0 Å². The Bertz CT molecular complexity index is 690. The molecule has 8 heteroatoms. The Kier molecular flexibility index (Phi) is 4.00. The van der Waals surface area contributed by atoms with E-state index in [2.05, 4.69) is 37.2 Å². The van der Waals surface area contributed by atoms with Crippen molar-refractivity contribution >= 4 is 49.4 Å². The van der Waals surface area contributed by atoms with Crippen LogP contribution < -0.4 is 5.32 Å². The van der Waals surface area contributed by atoms with Gasteiger partial charge in [-0.25, -0.2) is 0 Å². The number of para-hydroxylation sites is 2. The molecule has 2 aliphatic heterocycles. The Morgan fingerprint density at radius 3 is 2.27 bits per heavy atom. The Balaban J connectivity index is 1.89. The number of phenolic OH excluding ortho intramolecular Hbond substituents is 1. The van der Waals surface area contributed by atoms with Gasteiger partial charge in [0.05, 0.1) is 11.6 Å². The van der Waals surface area contributed by atoms with Gasteiger partial charge < -0.3 is 20.3 Å². The van der Waals surface area contributed by atoms with Crippen LogP contribution >= 0.6 is 31.9 Å². The van der Waals surface area contributed by atoms with Gasteiger partial charge in [0.2, 0.25) is 5.91 Å². The van der Waals surface area contributed by atoms with E-state index in [1.807, 2.05) is 0 Å². The average Bonchev–Trinajstić information content (AvgIpc) is 2.99. The zero-order valence-corrected chi connectivity index (χ0v) is 14.2. The minimum atomic E-state index is -1.10. The van der Waals surface area contributed by atoms with E-state index in [0.717, 1.165) is 0 Å². The molecule has 1 aromatic carbocycles. The average molecular weight is 433 g/mol. The Labute approximate surface area is 142 Å². The van der Waals surface area contributed by atoms with Gasteiger partial charge in [-0.05, 0) is 12.1 Å². The van der Waals surface area contributed by atoms with Crippen LogP contribution in [0.5, 0.6) is 5.75 Å². The smallest absolute Gasteiger partial charge is 0.310 e. The molecule has 1 aromatic rings. The Morgan fingerprint density at radius 2 is 1.68 bits per heavy atom. The fourth-order valence-electron chi connectivity index (χ4n) is 2.79. The number of fused-ring (bicyclic) bond motifs is 2. The molecule has 0 radical (unpaired) electrons. The summed E-state index contributed by atoms with van der Waals surface area (Å²) in [5.41, 5.74) is 0.235. The largest absolute Gasteiger partial charge is 0.506 e. The van der Waals surface area contributed by atoms with Crippen molar-refractivity contribution in [3.63, 3.8) is 0 Å². The van der Waals surface area contributed by atoms with Crippen LogP contribution in [0.25, 0.3) is 0 Å². The topological polar surface area (TPSA) is 95.9 Å². The first-order chi connectivity index (χ1) is 10.4. The number of hydrogen-bond donors (Lipinski definition) is 3. The van der Waals surface area contributed by atoms with Gasteiger partial charge in [-0.15, -0.1) is 0 Å². The standard InChI is InChI=1S/C14H11Br2NO5/c15-9-10(16)12-8(14(20)21)7(11(9)22-12)13(19)17-5-3-1-2-4-6(5)18/h1-4,7-8,11-12,18H,(H,17,19)(H,20,21). The predicted octanol–water partition coefficient (Wildman–Crippen LogP) is 2.43. The zero-order chi connectivity index (χ0) is 16.0. The molecule has 0 saturated carbocycles. The first-order valence-electron chi connectivity index (χ1n) is 6.44. The molecule has 3 rings (SSSR count). The molecular formula is C14H11Br2NO5. The van der Waals surface area contributed by atoms with Crippen molar-refractivity contribution in [1.82, 2.24) is 0 Å². The van der Waals surface area contributed by atoms with Crippen molar-refractivity contribution < 1.29 is 24.5 Å². The fourth-order valence-corrected chi connectivity index (χ4v) is 4.03. The molecule has 2 aliphatic rings. The Hall–Kier alpha value is -1.38. The lowest BCUT2D eigenvalue weighted by Crippen LogP contribution is -2.40. The van der Waals surface area contributed by atoms with Gasteiger partial charge in [0, 0.05) is 8.96 Å². The maximum atomic E-state index is 12.5. The second kappa shape index (κ2) is 5.68. The van der Waals surface area contributed by atoms with Crippen molar-refractivity contribution in [1.29, 1.82) is 0 Å². The summed E-state index contributed by atoms with van der Waals surface area (Å²) in [5, 5.41) is 21.7. The van der Waals surface area contributed by atoms with Crippen LogP contribution in [0.15, 0.2) is 33.2 Å². The number of carboxylic acids is 1. The monoisotopic (exact) mass is 431 g/mol. The fraction of sp³-hybridized carbons (Fsp3) is 0.286. The van der Waals surface area contributed by atoms with Crippen LogP contribution in [0.4, 0.5) is 5.69 Å². The number of amides is 1. The number of carboxylic acid groups (broad SMARTS) is 1. The lowest BCUT2D eigenvalue weighted by atomic mass is 9.82. The first kappa shape index (κ1) is 15.5. The van der Waals surface area contributed by atoms with E-state index in [9.17, 15) is 19.8 Å². The number of benzene rings is 1. The van der Waals surface area contributed by atoms with Crippen LogP contribution in [0.1, 0.15) is 0 Å². The van der Waals surface area contributed by atoms with Crippen LogP contribution in [-0.2, 0) is 14.3 Å². The highest BCUT2D eigenvalue weighted by Crippen LogP contribution is 2.51. The number of rotatable bonds is 3. The summed E-state index contributed by atoms with van der Waals surface area (Å²) in [4.78, 5) is 24.0. The molecule has 1 fully saturated rings. The Morgan fingerprint density at radius 1 is 1.09 bits per heavy atom. The summed E-state index contributed by atoms with van der Waals surface area (Å²) in [6.45, 7) is 0. The molecule has 1 saturated heterocycles. The highest BCUT2D eigenvalue weighted by Gasteiger charge is 2.58. The number of aromatic hydroxyl groups is 1. The van der Waals surface area contributed by atoms with Gasteiger partial charge in [0.25, 0.3) is 0 Å². The number of carbonyl (C=O) groups excluding carboxylic acids is 1. The molecule has 22 heavy (non-hydrogen) atoms. The number of carbonyl (C=O) groups is 2. The van der Waals surface area contributed by atoms with Crippen molar-refractivity contribution in [2.75, 3.05) is 5.32 Å². The maximum absolute atomic E-state index is 12.5. The van der Waals surface area contributed by atoms with Crippen LogP contribution in [0, 0.1) is 11.8 Å². The number of nitrogens with one attached hydrogen (secondary N) is 1. The van der Waals surface area contributed by atoms with E-state index < -0.39 is 35.9 Å². The molecule has 2 heterocycles. The molecule has 4 atom stereocenters. The lowest BCUT2D eigenvalue weighted by molar-refractivity contribution is -0.146. The van der Waals surface area contributed by atoms with Crippen molar-refractivity contribution in [3.05, 3.63) is 33.2 Å². The third-order valence-electron chi connectivity index (χ3n) is 3.81. The van der Waals surface area contributed by atoms with E-state index in [1.165, 1.54) is 12.1 Å². The molecular weight excluding hydrogens is 422 g/mol. The van der Waals surface area contributed by atoms with Crippen LogP contribution in [-0.4, -0.2) is 34.3 Å². The summed E-state index contributed by atoms with van der Waals surface area (Å²) < 4.78 is 6.87. The number of phenols is 1. The summed E-state index contributed by atoms with van der Waals surface area (Å²) in [7, 11) is 0. The third-order valence-corrected chi connectivity index (χ3v) is 6.10. The SMILES string of the molecule is O=C(O)C1C2OC(C(Br)=C2Br)C1C(=O)Nc1ccccc1O. The summed E-state index contributed by atoms with van der Waals surface area (Å²) in [5.74, 6) is -3.54. The van der Waals surface area contributed by atoms with E-state index in [-0.39, 0.29) is 11.4 Å². The van der Waals surface area contributed by atoms with Crippen LogP contribution in [0.2, 0.25) is 0 Å². The van der Waals surface area contributed by atoms with E-state index in [4.69, 9.17) is 4.74 Å². The van der Waals surface area contributed by atoms with E-state index in [0.29, 0.717) is 8.96 Å². The minimum Gasteiger partial charge on any atom is -0.506 e. The summed E-state index contributed by atoms with van der Waals surface area (Å²) in [6, 6.07) is 6.27. The molecule has 4 unspecified atom stereocenters. The molecule has 2 bridgehead atoms. The summed E-state index contributed by atoms with van der Waals surface area (Å²) in [6.07, 6.45) is -1.33. The van der Waals surface area contributed by atoms with Crippen LogP contribution in [0.3, 0.4) is 0 Å². The number of aliphatic carboxylic acids is 1. The first-order valence-corrected chi connectivity index (χ1v) is 8.02. The second-order valence-corrected chi connectivity index (χ2v) is 6.78. The molecule has 0 spiro atoms. The highest BCUT2D eigenvalue weighted by atomic mass is 79.9. The quantitative estimate of drug-likeness (QED) is 0.637. The zero-order valence-electron chi connectivity index (χ0n) is 11.0. The van der Waals surface area contributed by atoms with Crippen molar-refractivity contribution in [3.8, 4) is 5.75 Å². The minimum absolute atomic E-state index is 0.0809. The number of hydrogen-bond acceptors (Lipinski definition) is 4. The normalized spacial score (nSPS) is 29.7. The van der Waals surface area contributed by atoms with Gasteiger partial charge in [0.1, 0.15) is 23.9 Å². The number of halogens is 2. The van der Waals surface area contributed by atoms with Gasteiger partial charge in [-0.3, -0.25) is 9.59 Å². The van der Waals surface area contributed by atoms with Gasteiger partial charge in [0.15, 0.2) is 0 Å². The second-order valence-electron chi connectivity index (χ2n) is 5.07. The third kappa shape index (κ3) is 2.35. The molecule has 116 valence electrons. The molecule has 0 aliphatic carbocycles. The number of ether oxygens (including phenoxy) is 1. The van der Waals surface area contributed by atoms with Gasteiger partial charge in [-0.1, -0.05) is 44.0 Å². The molecule has 6 nitrogen and oxygen atoms in total. The van der Waals surface area contributed by atoms with Crippen molar-refractivity contribution in [2.24, 2.45) is 11.8 Å². The lowest BCUT2D eigenvalue weighted by Gasteiger charge is -2.24. The maximum Gasteiger partial charge on any atom is 0.310 e. The molecule has 1 amide bonds. The summed E-state index contributed by atoms with van der Waals surface area (Å²) >= 11 is 6.63. The molecule has 3 N–H and O–H groups in total. The predicted molar refractivity (Wildman–Crippen MR) is 84.9 cm³/mol.